The molecule has 2 amide bonds. The van der Waals surface area contributed by atoms with Crippen LogP contribution in [0.3, 0.4) is 0 Å². The van der Waals surface area contributed by atoms with Crippen LogP contribution < -0.4 is 10.6 Å². The summed E-state index contributed by atoms with van der Waals surface area (Å²) in [6.07, 6.45) is 8.56. The van der Waals surface area contributed by atoms with E-state index < -0.39 is 11.6 Å². The highest BCUT2D eigenvalue weighted by molar-refractivity contribution is 5.87. The molecule has 5 heteroatoms. The quantitative estimate of drug-likeness (QED) is 0.670. The van der Waals surface area contributed by atoms with E-state index in [1.165, 1.54) is 19.3 Å². The van der Waals surface area contributed by atoms with E-state index in [1.807, 2.05) is 6.92 Å². The van der Waals surface area contributed by atoms with Gasteiger partial charge >= 0.3 is 0 Å². The van der Waals surface area contributed by atoms with Crippen LogP contribution in [0.2, 0.25) is 0 Å². The van der Waals surface area contributed by atoms with E-state index in [9.17, 15) is 14.7 Å². The summed E-state index contributed by atoms with van der Waals surface area (Å²) < 4.78 is 0. The molecule has 0 bridgehead atoms. The van der Waals surface area contributed by atoms with Gasteiger partial charge in [-0.25, -0.2) is 0 Å². The highest BCUT2D eigenvalue weighted by Gasteiger charge is 2.42. The summed E-state index contributed by atoms with van der Waals surface area (Å²) in [5.41, 5.74) is -0.556. The first kappa shape index (κ1) is 17.3. The standard InChI is InChI=1S/C17H30N2O3/c1-12(16(22)19-17(2,11-20)14-8-9-14)18-15(21)10-13-6-4-3-5-7-13/h12-14,20H,3-11H2,1-2H3,(H,18,21)(H,19,22). The van der Waals surface area contributed by atoms with Crippen LogP contribution in [0.1, 0.15) is 65.2 Å². The summed E-state index contributed by atoms with van der Waals surface area (Å²) in [7, 11) is 0. The number of carbonyl (C=O) groups is 2. The molecular weight excluding hydrogens is 280 g/mol. The Bertz CT molecular complexity index is 403. The molecule has 0 aromatic rings. The maximum absolute atomic E-state index is 12.2. The number of aliphatic hydroxyl groups is 1. The van der Waals surface area contributed by atoms with Crippen LogP contribution in [0.15, 0.2) is 0 Å². The Morgan fingerprint density at radius 1 is 1.18 bits per heavy atom. The van der Waals surface area contributed by atoms with E-state index in [-0.39, 0.29) is 18.4 Å². The molecule has 3 N–H and O–H groups in total. The fraction of sp³-hybridized carbons (Fsp3) is 0.882. The first-order chi connectivity index (χ1) is 10.4. The van der Waals surface area contributed by atoms with Crippen LogP contribution in [0, 0.1) is 11.8 Å². The number of rotatable bonds is 7. The smallest absolute Gasteiger partial charge is 0.242 e. The lowest BCUT2D eigenvalue weighted by Gasteiger charge is -2.30. The number of hydrogen-bond donors (Lipinski definition) is 3. The molecule has 2 fully saturated rings. The van der Waals surface area contributed by atoms with E-state index in [2.05, 4.69) is 10.6 Å². The van der Waals surface area contributed by atoms with Crippen molar-refractivity contribution in [2.45, 2.75) is 76.8 Å². The molecule has 0 saturated heterocycles. The second-order valence-corrected chi connectivity index (χ2v) is 7.34. The van der Waals surface area contributed by atoms with Gasteiger partial charge in [-0.1, -0.05) is 19.3 Å². The lowest BCUT2D eigenvalue weighted by Crippen LogP contribution is -2.56. The molecule has 2 atom stereocenters. The number of nitrogens with one attached hydrogen (secondary N) is 2. The third kappa shape index (κ3) is 4.70. The molecule has 126 valence electrons. The molecule has 0 radical (unpaired) electrons. The van der Waals surface area contributed by atoms with Gasteiger partial charge in [0.2, 0.25) is 11.8 Å². The second kappa shape index (κ2) is 7.44. The van der Waals surface area contributed by atoms with Gasteiger partial charge in [0.25, 0.3) is 0 Å². The fourth-order valence-electron chi connectivity index (χ4n) is 3.40. The van der Waals surface area contributed by atoms with Gasteiger partial charge in [0.05, 0.1) is 12.1 Å². The molecule has 2 aliphatic carbocycles. The van der Waals surface area contributed by atoms with Crippen LogP contribution in [-0.2, 0) is 9.59 Å². The first-order valence-electron chi connectivity index (χ1n) is 8.67. The third-order valence-electron chi connectivity index (χ3n) is 5.19. The van der Waals surface area contributed by atoms with Crippen molar-refractivity contribution in [1.29, 1.82) is 0 Å². The molecule has 0 aromatic carbocycles. The molecule has 2 aliphatic rings. The summed E-state index contributed by atoms with van der Waals surface area (Å²) in [5, 5.41) is 15.2. The lowest BCUT2D eigenvalue weighted by atomic mass is 9.87. The minimum absolute atomic E-state index is 0.0355. The summed E-state index contributed by atoms with van der Waals surface area (Å²) in [6, 6.07) is -0.555. The van der Waals surface area contributed by atoms with Crippen LogP contribution in [0.5, 0.6) is 0 Å². The number of amides is 2. The number of hydrogen-bond acceptors (Lipinski definition) is 3. The fourth-order valence-corrected chi connectivity index (χ4v) is 3.40. The topological polar surface area (TPSA) is 78.4 Å². The predicted octanol–water partition coefficient (Wildman–Crippen LogP) is 1.74. The Balaban J connectivity index is 1.76. The zero-order valence-electron chi connectivity index (χ0n) is 13.9. The summed E-state index contributed by atoms with van der Waals surface area (Å²) in [5.74, 6) is 0.580. The minimum atomic E-state index is -0.556. The highest BCUT2D eigenvalue weighted by atomic mass is 16.3. The predicted molar refractivity (Wildman–Crippen MR) is 85.2 cm³/mol. The summed E-state index contributed by atoms with van der Waals surface area (Å²) in [6.45, 7) is 3.52. The van der Waals surface area contributed by atoms with Gasteiger partial charge in [0.15, 0.2) is 0 Å². The summed E-state index contributed by atoms with van der Waals surface area (Å²) >= 11 is 0. The number of aliphatic hydroxyl groups excluding tert-OH is 1. The van der Waals surface area contributed by atoms with E-state index in [1.54, 1.807) is 6.92 Å². The van der Waals surface area contributed by atoms with Gasteiger partial charge < -0.3 is 15.7 Å². The Kier molecular flexibility index (Phi) is 5.84. The molecule has 0 aliphatic heterocycles. The number of carbonyl (C=O) groups excluding carboxylic acids is 2. The molecule has 0 aromatic heterocycles. The zero-order valence-corrected chi connectivity index (χ0v) is 13.9. The molecule has 5 nitrogen and oxygen atoms in total. The molecular formula is C17H30N2O3. The van der Waals surface area contributed by atoms with E-state index in [0.717, 1.165) is 25.7 Å². The largest absolute Gasteiger partial charge is 0.394 e. The second-order valence-electron chi connectivity index (χ2n) is 7.34. The van der Waals surface area contributed by atoms with Crippen molar-refractivity contribution >= 4 is 11.8 Å². The van der Waals surface area contributed by atoms with Crippen LogP contribution in [0.25, 0.3) is 0 Å². The zero-order chi connectivity index (χ0) is 16.2. The van der Waals surface area contributed by atoms with Gasteiger partial charge in [-0.15, -0.1) is 0 Å². The average Bonchev–Trinajstić information content (AvgIpc) is 3.33. The van der Waals surface area contributed by atoms with Crippen molar-refractivity contribution in [2.75, 3.05) is 6.61 Å². The SMILES string of the molecule is CC(NC(=O)CC1CCCCC1)C(=O)NC(C)(CO)C1CC1. The average molecular weight is 310 g/mol. The lowest BCUT2D eigenvalue weighted by molar-refractivity contribution is -0.130. The molecule has 2 rings (SSSR count). The Hall–Kier alpha value is -1.10. The van der Waals surface area contributed by atoms with E-state index >= 15 is 0 Å². The van der Waals surface area contributed by atoms with Gasteiger partial charge in [-0.3, -0.25) is 9.59 Å². The van der Waals surface area contributed by atoms with Crippen LogP contribution in [-0.4, -0.2) is 35.1 Å². The maximum atomic E-state index is 12.2. The molecule has 22 heavy (non-hydrogen) atoms. The molecule has 2 saturated carbocycles. The van der Waals surface area contributed by atoms with Crippen LogP contribution >= 0.6 is 0 Å². The normalized spacial score (nSPS) is 23.4. The van der Waals surface area contributed by atoms with E-state index in [4.69, 9.17) is 0 Å². The van der Waals surface area contributed by atoms with Crippen LogP contribution in [0.4, 0.5) is 0 Å². The highest BCUT2D eigenvalue weighted by Crippen LogP contribution is 2.39. The van der Waals surface area contributed by atoms with Crippen molar-refractivity contribution in [2.24, 2.45) is 11.8 Å². The molecule has 2 unspecified atom stereocenters. The van der Waals surface area contributed by atoms with Crippen molar-refractivity contribution in [3.05, 3.63) is 0 Å². The third-order valence-corrected chi connectivity index (χ3v) is 5.19. The van der Waals surface area contributed by atoms with Gasteiger partial charge in [-0.05, 0) is 51.4 Å². The monoisotopic (exact) mass is 310 g/mol. The van der Waals surface area contributed by atoms with Crippen molar-refractivity contribution in [3.63, 3.8) is 0 Å². The first-order valence-corrected chi connectivity index (χ1v) is 8.67. The maximum Gasteiger partial charge on any atom is 0.242 e. The van der Waals surface area contributed by atoms with Crippen molar-refractivity contribution in [3.8, 4) is 0 Å². The van der Waals surface area contributed by atoms with Gasteiger partial charge in [0.1, 0.15) is 6.04 Å². The molecule has 0 spiro atoms. The van der Waals surface area contributed by atoms with E-state index in [0.29, 0.717) is 18.3 Å². The Labute approximate surface area is 133 Å². The minimum Gasteiger partial charge on any atom is -0.394 e. The van der Waals surface area contributed by atoms with Gasteiger partial charge in [-0.2, -0.15) is 0 Å². The van der Waals surface area contributed by atoms with Gasteiger partial charge in [0, 0.05) is 6.42 Å². The Morgan fingerprint density at radius 2 is 1.82 bits per heavy atom. The van der Waals surface area contributed by atoms with Crippen molar-refractivity contribution in [1.82, 2.24) is 10.6 Å². The Morgan fingerprint density at radius 3 is 2.36 bits per heavy atom. The summed E-state index contributed by atoms with van der Waals surface area (Å²) in [4.78, 5) is 24.3. The van der Waals surface area contributed by atoms with Crippen molar-refractivity contribution < 1.29 is 14.7 Å². The molecule has 0 heterocycles.